The lowest BCUT2D eigenvalue weighted by molar-refractivity contribution is -0.122. The first-order valence-electron chi connectivity index (χ1n) is 13.9. The maximum absolute atomic E-state index is 13.2. The predicted octanol–water partition coefficient (Wildman–Crippen LogP) is 4.11. The van der Waals surface area contributed by atoms with Crippen molar-refractivity contribution in [2.24, 2.45) is 7.05 Å². The molecule has 1 aliphatic carbocycles. The van der Waals surface area contributed by atoms with E-state index in [-0.39, 0.29) is 29.8 Å². The molecule has 0 atom stereocenters. The van der Waals surface area contributed by atoms with Gasteiger partial charge >= 0.3 is 0 Å². The predicted molar refractivity (Wildman–Crippen MR) is 158 cm³/mol. The number of carbonyl (C=O) groups is 1. The second-order valence-corrected chi connectivity index (χ2v) is 13.4. The highest BCUT2D eigenvalue weighted by molar-refractivity contribution is 7.89. The molecule has 0 saturated heterocycles. The average Bonchev–Trinajstić information content (AvgIpc) is 3.22. The molecule has 1 N–H and O–H groups in total. The number of methoxy groups -OCH3 is 1. The van der Waals surface area contributed by atoms with Gasteiger partial charge in [0.15, 0.2) is 0 Å². The maximum Gasteiger partial charge on any atom is 0.243 e. The molecule has 4 rings (SSSR count). The molecule has 0 bridgehead atoms. The first-order chi connectivity index (χ1) is 18.9. The van der Waals surface area contributed by atoms with E-state index >= 15 is 0 Å². The van der Waals surface area contributed by atoms with Crippen LogP contribution >= 0.6 is 0 Å². The molecule has 1 amide bonds. The van der Waals surface area contributed by atoms with E-state index < -0.39 is 10.0 Å². The molecule has 0 radical (unpaired) electrons. The minimum absolute atomic E-state index is 0.0955. The van der Waals surface area contributed by atoms with Crippen molar-refractivity contribution in [3.63, 3.8) is 0 Å². The standard InChI is InChI=1S/C30H43N5O4S/c1-20-16-25(39-7)17-21(2)29(20)40(37,38)34(5)15-14-28(36)31-24-11-9-23(10-12-24)30-32-26-18-22(19-33(3)4)8-13-27(26)35(30)6/h8,13,16-18,23-24H,9-12,14-15,19H2,1-7H3,(H,31,36)/t23-,24-. The zero-order valence-corrected chi connectivity index (χ0v) is 25.6. The molecule has 1 aliphatic rings. The highest BCUT2D eigenvalue weighted by atomic mass is 32.2. The van der Waals surface area contributed by atoms with Crippen molar-refractivity contribution in [1.29, 1.82) is 0 Å². The number of carbonyl (C=O) groups excluding carboxylic acids is 1. The quantitative estimate of drug-likeness (QED) is 0.395. The molecular formula is C30H43N5O4S. The number of aromatic nitrogens is 2. The Kier molecular flexibility index (Phi) is 9.22. The minimum atomic E-state index is -3.73. The fraction of sp³-hybridized carbons (Fsp3) is 0.533. The lowest BCUT2D eigenvalue weighted by Gasteiger charge is -2.29. The van der Waals surface area contributed by atoms with E-state index in [1.54, 1.807) is 33.1 Å². The highest BCUT2D eigenvalue weighted by Gasteiger charge is 2.28. The van der Waals surface area contributed by atoms with Crippen LogP contribution in [0.4, 0.5) is 0 Å². The number of sulfonamides is 1. The highest BCUT2D eigenvalue weighted by Crippen LogP contribution is 2.34. The smallest absolute Gasteiger partial charge is 0.243 e. The van der Waals surface area contributed by atoms with Gasteiger partial charge in [-0.3, -0.25) is 4.79 Å². The minimum Gasteiger partial charge on any atom is -0.497 e. The summed E-state index contributed by atoms with van der Waals surface area (Å²) < 4.78 is 35.2. The van der Waals surface area contributed by atoms with Crippen molar-refractivity contribution in [2.75, 3.05) is 34.8 Å². The average molecular weight is 570 g/mol. The summed E-state index contributed by atoms with van der Waals surface area (Å²) in [5.41, 5.74) is 4.68. The topological polar surface area (TPSA) is 96.8 Å². The molecule has 40 heavy (non-hydrogen) atoms. The zero-order valence-electron chi connectivity index (χ0n) is 24.8. The van der Waals surface area contributed by atoms with Crippen molar-refractivity contribution < 1.29 is 17.9 Å². The van der Waals surface area contributed by atoms with Crippen LogP contribution in [0.5, 0.6) is 5.75 Å². The van der Waals surface area contributed by atoms with E-state index in [1.807, 2.05) is 0 Å². The van der Waals surface area contributed by atoms with Crippen molar-refractivity contribution >= 4 is 27.0 Å². The van der Waals surface area contributed by atoms with Crippen LogP contribution in [0, 0.1) is 13.8 Å². The summed E-state index contributed by atoms with van der Waals surface area (Å²) in [6.07, 6.45) is 3.78. The second-order valence-electron chi connectivity index (χ2n) is 11.4. The normalized spacial score (nSPS) is 18.0. The number of hydrogen-bond donors (Lipinski definition) is 1. The van der Waals surface area contributed by atoms with Crippen LogP contribution in [-0.2, 0) is 28.4 Å². The van der Waals surface area contributed by atoms with Crippen LogP contribution < -0.4 is 10.1 Å². The van der Waals surface area contributed by atoms with E-state index in [2.05, 4.69) is 54.1 Å². The number of nitrogens with one attached hydrogen (secondary N) is 1. The van der Waals surface area contributed by atoms with Gasteiger partial charge in [0, 0.05) is 45.6 Å². The molecular weight excluding hydrogens is 526 g/mol. The number of nitrogens with zero attached hydrogens (tertiary/aromatic N) is 4. The molecule has 1 saturated carbocycles. The fourth-order valence-electron chi connectivity index (χ4n) is 5.86. The van der Waals surface area contributed by atoms with Gasteiger partial charge < -0.3 is 19.5 Å². The monoisotopic (exact) mass is 569 g/mol. The molecule has 10 heteroatoms. The fourth-order valence-corrected chi connectivity index (χ4v) is 7.43. The van der Waals surface area contributed by atoms with Crippen molar-refractivity contribution in [2.45, 2.75) is 69.4 Å². The van der Waals surface area contributed by atoms with Crippen molar-refractivity contribution in [3.05, 3.63) is 52.8 Å². The van der Waals surface area contributed by atoms with Gasteiger partial charge in [-0.25, -0.2) is 17.7 Å². The summed E-state index contributed by atoms with van der Waals surface area (Å²) in [5.74, 6) is 1.97. The Morgan fingerprint density at radius 1 is 1.07 bits per heavy atom. The molecule has 2 aromatic carbocycles. The Morgan fingerprint density at radius 2 is 1.73 bits per heavy atom. The third-order valence-electron chi connectivity index (χ3n) is 7.93. The van der Waals surface area contributed by atoms with Gasteiger partial charge in [0.2, 0.25) is 15.9 Å². The number of imidazole rings is 1. The van der Waals surface area contributed by atoms with Crippen molar-refractivity contribution in [3.8, 4) is 5.75 Å². The zero-order chi connectivity index (χ0) is 29.2. The third kappa shape index (κ3) is 6.50. The van der Waals surface area contributed by atoms with E-state index in [0.717, 1.165) is 49.1 Å². The molecule has 0 aliphatic heterocycles. The number of fused-ring (bicyclic) bond motifs is 1. The lowest BCUT2D eigenvalue weighted by Crippen LogP contribution is -2.39. The van der Waals surface area contributed by atoms with Gasteiger partial charge in [0.25, 0.3) is 0 Å². The summed E-state index contributed by atoms with van der Waals surface area (Å²) in [6, 6.07) is 10.0. The molecule has 0 unspecified atom stereocenters. The second kappa shape index (κ2) is 12.3. The molecule has 1 fully saturated rings. The largest absolute Gasteiger partial charge is 0.497 e. The molecule has 1 aromatic heterocycles. The van der Waals surface area contributed by atoms with Crippen molar-refractivity contribution in [1.82, 2.24) is 24.1 Å². The molecule has 0 spiro atoms. The number of rotatable bonds is 10. The van der Waals surface area contributed by atoms with Gasteiger partial charge in [0.05, 0.1) is 23.0 Å². The van der Waals surface area contributed by atoms with Gasteiger partial charge in [-0.2, -0.15) is 0 Å². The van der Waals surface area contributed by atoms with E-state index in [1.165, 1.54) is 16.9 Å². The number of ether oxygens (including phenoxy) is 1. The Morgan fingerprint density at radius 3 is 2.33 bits per heavy atom. The summed E-state index contributed by atoms with van der Waals surface area (Å²) in [6.45, 7) is 4.52. The third-order valence-corrected chi connectivity index (χ3v) is 10.1. The summed E-state index contributed by atoms with van der Waals surface area (Å²) in [7, 11) is 5.57. The number of aryl methyl sites for hydroxylation is 3. The number of amides is 1. The van der Waals surface area contributed by atoms with E-state index in [9.17, 15) is 13.2 Å². The molecule has 3 aromatic rings. The van der Waals surface area contributed by atoms with Gasteiger partial charge in [-0.15, -0.1) is 0 Å². The first kappa shape index (κ1) is 30.0. The van der Waals surface area contributed by atoms with Crippen LogP contribution in [-0.4, -0.2) is 73.9 Å². The Hall–Kier alpha value is -2.95. The van der Waals surface area contributed by atoms with Crippen LogP contribution in [0.15, 0.2) is 35.2 Å². The van der Waals surface area contributed by atoms with E-state index in [0.29, 0.717) is 22.8 Å². The molecule has 1 heterocycles. The summed E-state index contributed by atoms with van der Waals surface area (Å²) >= 11 is 0. The van der Waals surface area contributed by atoms with Crippen LogP contribution in [0.1, 0.15) is 60.5 Å². The number of hydrogen-bond acceptors (Lipinski definition) is 6. The summed E-state index contributed by atoms with van der Waals surface area (Å²) in [5, 5.41) is 3.13. The Labute approximate surface area is 238 Å². The first-order valence-corrected chi connectivity index (χ1v) is 15.4. The lowest BCUT2D eigenvalue weighted by atomic mass is 9.85. The number of benzene rings is 2. The van der Waals surface area contributed by atoms with Crippen LogP contribution in [0.3, 0.4) is 0 Å². The van der Waals surface area contributed by atoms with Crippen LogP contribution in [0.2, 0.25) is 0 Å². The van der Waals surface area contributed by atoms with E-state index in [4.69, 9.17) is 9.72 Å². The SMILES string of the molecule is COc1cc(C)c(S(=O)(=O)N(C)CCC(=O)N[C@H]2CC[C@H](c3nc4cc(CN(C)C)ccc4n3C)CC2)c(C)c1. The van der Waals surface area contributed by atoms with Gasteiger partial charge in [-0.05, 0) is 94.6 Å². The Bertz CT molecular complexity index is 1450. The van der Waals surface area contributed by atoms with Gasteiger partial charge in [-0.1, -0.05) is 6.07 Å². The summed E-state index contributed by atoms with van der Waals surface area (Å²) in [4.78, 5) is 20.2. The maximum atomic E-state index is 13.2. The van der Waals surface area contributed by atoms with Gasteiger partial charge in [0.1, 0.15) is 11.6 Å². The molecule has 9 nitrogen and oxygen atoms in total. The van der Waals surface area contributed by atoms with Crippen LogP contribution in [0.25, 0.3) is 11.0 Å². The molecule has 218 valence electrons. The Balaban J connectivity index is 1.31.